The lowest BCUT2D eigenvalue weighted by molar-refractivity contribution is -0.116. The van der Waals surface area contributed by atoms with E-state index in [1.54, 1.807) is 19.9 Å². The first-order valence-corrected chi connectivity index (χ1v) is 5.05. The van der Waals surface area contributed by atoms with Gasteiger partial charge in [0.2, 0.25) is 0 Å². The van der Waals surface area contributed by atoms with Gasteiger partial charge in [0.15, 0.2) is 0 Å². The summed E-state index contributed by atoms with van der Waals surface area (Å²) in [6, 6.07) is 5.10. The number of carbonyl (C=O) groups excluding carboxylic acids is 1. The fourth-order valence-corrected chi connectivity index (χ4v) is 1.36. The van der Waals surface area contributed by atoms with Crippen LogP contribution in [0.5, 0.6) is 0 Å². The Bertz CT molecular complexity index is 349. The van der Waals surface area contributed by atoms with Gasteiger partial charge >= 0.3 is 0 Å². The highest BCUT2D eigenvalue weighted by Crippen LogP contribution is 2.09. The van der Waals surface area contributed by atoms with Gasteiger partial charge < -0.3 is 5.32 Å². The maximum Gasteiger partial charge on any atom is 0.143 e. The van der Waals surface area contributed by atoms with E-state index in [1.807, 2.05) is 6.07 Å². The van der Waals surface area contributed by atoms with Gasteiger partial charge in [-0.25, -0.2) is 4.39 Å². The Morgan fingerprint density at radius 1 is 1.47 bits per heavy atom. The largest absolute Gasteiger partial charge is 0.310 e. The number of Topliss-reactive ketones (excluding diaryl/α,β-unsaturated/α-hetero) is 1. The van der Waals surface area contributed by atoms with Crippen molar-refractivity contribution >= 4 is 5.78 Å². The molecule has 0 radical (unpaired) electrons. The first-order chi connectivity index (χ1) is 7.09. The molecule has 0 saturated carbocycles. The van der Waals surface area contributed by atoms with E-state index in [0.717, 1.165) is 18.5 Å². The highest BCUT2D eigenvalue weighted by Gasteiger charge is 1.99. The van der Waals surface area contributed by atoms with Crippen LogP contribution in [0.15, 0.2) is 18.2 Å². The van der Waals surface area contributed by atoms with Crippen molar-refractivity contribution in [1.82, 2.24) is 5.32 Å². The second-order valence-electron chi connectivity index (χ2n) is 3.71. The maximum absolute atomic E-state index is 12.9. The van der Waals surface area contributed by atoms with Gasteiger partial charge in [-0.15, -0.1) is 0 Å². The molecule has 0 aliphatic rings. The number of carbonyl (C=O) groups is 1. The summed E-state index contributed by atoms with van der Waals surface area (Å²) in [6.45, 7) is 4.45. The van der Waals surface area contributed by atoms with E-state index in [9.17, 15) is 9.18 Å². The molecule has 1 N–H and O–H groups in total. The van der Waals surface area contributed by atoms with Crippen LogP contribution in [-0.4, -0.2) is 18.9 Å². The van der Waals surface area contributed by atoms with Gasteiger partial charge in [0, 0.05) is 0 Å². The molecule has 0 atom stereocenters. The van der Waals surface area contributed by atoms with Gasteiger partial charge in [0.1, 0.15) is 11.6 Å². The molecule has 0 amide bonds. The predicted molar refractivity (Wildman–Crippen MR) is 58.4 cm³/mol. The third-order valence-corrected chi connectivity index (χ3v) is 2.19. The summed E-state index contributed by atoms with van der Waals surface area (Å²) in [6.07, 6.45) is 0.814. The minimum absolute atomic E-state index is 0.130. The molecule has 0 fully saturated rings. The third kappa shape index (κ3) is 4.21. The second-order valence-corrected chi connectivity index (χ2v) is 3.71. The lowest BCUT2D eigenvalue weighted by atomic mass is 10.1. The van der Waals surface area contributed by atoms with Crippen molar-refractivity contribution in [3.05, 3.63) is 35.1 Å². The number of halogens is 1. The van der Waals surface area contributed by atoms with Crippen LogP contribution in [-0.2, 0) is 11.2 Å². The smallest absolute Gasteiger partial charge is 0.143 e. The van der Waals surface area contributed by atoms with Crippen LogP contribution in [0.4, 0.5) is 4.39 Å². The summed E-state index contributed by atoms with van der Waals surface area (Å²) in [4.78, 5) is 10.6. The zero-order valence-electron chi connectivity index (χ0n) is 9.14. The van der Waals surface area contributed by atoms with E-state index in [4.69, 9.17) is 0 Å². The summed E-state index contributed by atoms with van der Waals surface area (Å²) in [7, 11) is 0. The lowest BCUT2D eigenvalue weighted by Crippen LogP contribution is -2.23. The van der Waals surface area contributed by atoms with Crippen molar-refractivity contribution < 1.29 is 9.18 Å². The molecule has 82 valence electrons. The highest BCUT2D eigenvalue weighted by atomic mass is 19.1. The molecule has 0 aliphatic carbocycles. The zero-order chi connectivity index (χ0) is 11.3. The Morgan fingerprint density at radius 2 is 2.20 bits per heavy atom. The van der Waals surface area contributed by atoms with Gasteiger partial charge in [-0.05, 0) is 44.0 Å². The Labute approximate surface area is 89.5 Å². The zero-order valence-corrected chi connectivity index (χ0v) is 9.14. The minimum atomic E-state index is -0.171. The number of benzene rings is 1. The van der Waals surface area contributed by atoms with Gasteiger partial charge in [-0.1, -0.05) is 12.1 Å². The van der Waals surface area contributed by atoms with Crippen molar-refractivity contribution in [2.45, 2.75) is 20.3 Å². The molecule has 1 aromatic carbocycles. The van der Waals surface area contributed by atoms with Crippen molar-refractivity contribution in [3.63, 3.8) is 0 Å². The molecule has 0 spiro atoms. The van der Waals surface area contributed by atoms with Gasteiger partial charge in [-0.3, -0.25) is 4.79 Å². The molecule has 1 aromatic rings. The summed E-state index contributed by atoms with van der Waals surface area (Å²) < 4.78 is 12.9. The van der Waals surface area contributed by atoms with E-state index >= 15 is 0 Å². The van der Waals surface area contributed by atoms with Gasteiger partial charge in [0.05, 0.1) is 6.54 Å². The van der Waals surface area contributed by atoms with Crippen LogP contribution in [0, 0.1) is 12.7 Å². The Balaban J connectivity index is 2.38. The SMILES string of the molecule is CC(=O)CNCCc1ccc(F)c(C)c1. The first-order valence-electron chi connectivity index (χ1n) is 5.05. The van der Waals surface area contributed by atoms with Gasteiger partial charge in [0.25, 0.3) is 0 Å². The maximum atomic E-state index is 12.9. The molecule has 0 saturated heterocycles. The molecule has 0 bridgehead atoms. The number of nitrogens with one attached hydrogen (secondary N) is 1. The number of hydrogen-bond donors (Lipinski definition) is 1. The van der Waals surface area contributed by atoms with E-state index in [1.165, 1.54) is 6.07 Å². The summed E-state index contributed by atoms with van der Waals surface area (Å²) in [5.41, 5.74) is 1.75. The standard InChI is InChI=1S/C12H16FNO/c1-9-7-11(3-4-12(9)13)5-6-14-8-10(2)15/h3-4,7,14H,5-6,8H2,1-2H3. The Morgan fingerprint density at radius 3 is 2.80 bits per heavy atom. The normalized spacial score (nSPS) is 10.3. The van der Waals surface area contributed by atoms with Crippen molar-refractivity contribution in [3.8, 4) is 0 Å². The molecule has 2 nitrogen and oxygen atoms in total. The molecule has 0 unspecified atom stereocenters. The fraction of sp³-hybridized carbons (Fsp3) is 0.417. The average Bonchev–Trinajstić information content (AvgIpc) is 2.18. The quantitative estimate of drug-likeness (QED) is 0.750. The number of rotatable bonds is 5. The molecular formula is C12H16FNO. The van der Waals surface area contributed by atoms with Crippen LogP contribution in [0.3, 0.4) is 0 Å². The topological polar surface area (TPSA) is 29.1 Å². The highest BCUT2D eigenvalue weighted by molar-refractivity contribution is 5.77. The molecular weight excluding hydrogens is 193 g/mol. The number of hydrogen-bond acceptors (Lipinski definition) is 2. The Kier molecular flexibility index (Phi) is 4.43. The van der Waals surface area contributed by atoms with Crippen LogP contribution >= 0.6 is 0 Å². The number of aryl methyl sites for hydroxylation is 1. The van der Waals surface area contributed by atoms with Crippen LogP contribution < -0.4 is 5.32 Å². The average molecular weight is 209 g/mol. The molecule has 0 aliphatic heterocycles. The summed E-state index contributed by atoms with van der Waals surface area (Å²) >= 11 is 0. The Hall–Kier alpha value is -1.22. The second kappa shape index (κ2) is 5.61. The van der Waals surface area contributed by atoms with Gasteiger partial charge in [-0.2, -0.15) is 0 Å². The van der Waals surface area contributed by atoms with E-state index in [-0.39, 0.29) is 11.6 Å². The minimum Gasteiger partial charge on any atom is -0.310 e. The molecule has 15 heavy (non-hydrogen) atoms. The van der Waals surface area contributed by atoms with Crippen molar-refractivity contribution in [2.24, 2.45) is 0 Å². The number of ketones is 1. The fourth-order valence-electron chi connectivity index (χ4n) is 1.36. The first kappa shape index (κ1) is 11.9. The van der Waals surface area contributed by atoms with E-state index in [2.05, 4.69) is 5.32 Å². The third-order valence-electron chi connectivity index (χ3n) is 2.19. The molecule has 3 heteroatoms. The molecule has 0 heterocycles. The van der Waals surface area contributed by atoms with Crippen LogP contribution in [0.1, 0.15) is 18.1 Å². The summed E-state index contributed by atoms with van der Waals surface area (Å²) in [5, 5.41) is 3.02. The lowest BCUT2D eigenvalue weighted by Gasteiger charge is -2.04. The molecule has 0 aromatic heterocycles. The predicted octanol–water partition coefficient (Wildman–Crippen LogP) is 1.86. The van der Waals surface area contributed by atoms with Crippen molar-refractivity contribution in [1.29, 1.82) is 0 Å². The molecule has 1 rings (SSSR count). The van der Waals surface area contributed by atoms with E-state index < -0.39 is 0 Å². The van der Waals surface area contributed by atoms with Crippen LogP contribution in [0.25, 0.3) is 0 Å². The van der Waals surface area contributed by atoms with Crippen LogP contribution in [0.2, 0.25) is 0 Å². The summed E-state index contributed by atoms with van der Waals surface area (Å²) in [5.74, 6) is -0.0410. The van der Waals surface area contributed by atoms with E-state index in [0.29, 0.717) is 12.1 Å². The van der Waals surface area contributed by atoms with Crippen molar-refractivity contribution in [2.75, 3.05) is 13.1 Å². The monoisotopic (exact) mass is 209 g/mol.